The average molecular weight is 408 g/mol. The molecule has 2 aromatic rings. The van der Waals surface area contributed by atoms with E-state index in [0.717, 1.165) is 32.1 Å². The number of nitro benzene ring substituents is 1. The van der Waals surface area contributed by atoms with Gasteiger partial charge in [0.05, 0.1) is 10.5 Å². The summed E-state index contributed by atoms with van der Waals surface area (Å²) in [4.78, 5) is 29.7. The highest BCUT2D eigenvalue weighted by molar-refractivity contribution is 5.95. The molecule has 4 rings (SSSR count). The van der Waals surface area contributed by atoms with Gasteiger partial charge in [-0.15, -0.1) is 12.4 Å². The fraction of sp³-hybridized carbons (Fsp3) is 0.500. The summed E-state index contributed by atoms with van der Waals surface area (Å²) in [7, 11) is 0. The van der Waals surface area contributed by atoms with Crippen molar-refractivity contribution in [2.75, 3.05) is 6.54 Å². The number of nitrogens with two attached hydrogens (primary N) is 1. The van der Waals surface area contributed by atoms with E-state index < -0.39 is 10.5 Å². The quantitative estimate of drug-likeness (QED) is 0.609. The third-order valence-electron chi connectivity index (χ3n) is 5.57. The number of nitro groups is 1. The van der Waals surface area contributed by atoms with Gasteiger partial charge in [0.15, 0.2) is 5.82 Å². The smallest absolute Gasteiger partial charge is 0.272 e. The van der Waals surface area contributed by atoms with E-state index in [9.17, 15) is 14.9 Å². The van der Waals surface area contributed by atoms with Crippen molar-refractivity contribution in [1.82, 2.24) is 15.0 Å². The number of hydrogen-bond acceptors (Lipinski definition) is 7. The van der Waals surface area contributed by atoms with Crippen molar-refractivity contribution in [2.45, 2.75) is 50.6 Å². The maximum Gasteiger partial charge on any atom is 0.272 e. The van der Waals surface area contributed by atoms with Gasteiger partial charge in [0.1, 0.15) is 6.04 Å². The van der Waals surface area contributed by atoms with E-state index in [2.05, 4.69) is 10.1 Å². The summed E-state index contributed by atoms with van der Waals surface area (Å²) in [5.74, 6) is 0.724. The molecule has 28 heavy (non-hydrogen) atoms. The van der Waals surface area contributed by atoms with Gasteiger partial charge in [-0.3, -0.25) is 14.9 Å². The molecule has 1 aliphatic heterocycles. The molecular weight excluding hydrogens is 386 g/mol. The molecule has 2 aliphatic rings. The van der Waals surface area contributed by atoms with Crippen LogP contribution in [0.1, 0.15) is 65.8 Å². The minimum atomic E-state index is -0.509. The lowest BCUT2D eigenvalue weighted by atomic mass is 9.77. The van der Waals surface area contributed by atoms with Crippen LogP contribution in [0.5, 0.6) is 0 Å². The average Bonchev–Trinajstić information content (AvgIpc) is 3.27. The minimum absolute atomic E-state index is 0. The van der Waals surface area contributed by atoms with Crippen molar-refractivity contribution in [3.8, 4) is 0 Å². The first-order valence-electron chi connectivity index (χ1n) is 9.08. The molecular formula is C18H22ClN5O4. The number of likely N-dealkylation sites (tertiary alicyclic amines) is 1. The van der Waals surface area contributed by atoms with E-state index in [0.29, 0.717) is 29.4 Å². The predicted molar refractivity (Wildman–Crippen MR) is 102 cm³/mol. The molecule has 2 N–H and O–H groups in total. The van der Waals surface area contributed by atoms with Crippen LogP contribution in [0.4, 0.5) is 5.69 Å². The molecule has 0 bridgehead atoms. The minimum Gasteiger partial charge on any atom is -0.337 e. The van der Waals surface area contributed by atoms with Gasteiger partial charge in [-0.25, -0.2) is 0 Å². The van der Waals surface area contributed by atoms with Crippen LogP contribution in [0.15, 0.2) is 22.7 Å². The van der Waals surface area contributed by atoms with Gasteiger partial charge < -0.3 is 15.2 Å². The number of hydrogen-bond donors (Lipinski definition) is 1. The van der Waals surface area contributed by atoms with Crippen molar-refractivity contribution in [1.29, 1.82) is 0 Å². The molecule has 9 nitrogen and oxygen atoms in total. The number of carbonyl (C=O) groups is 1. The summed E-state index contributed by atoms with van der Waals surface area (Å²) < 4.78 is 5.44. The Morgan fingerprint density at radius 1 is 1.39 bits per heavy atom. The molecule has 2 fully saturated rings. The van der Waals surface area contributed by atoms with E-state index in [4.69, 9.17) is 10.3 Å². The summed E-state index contributed by atoms with van der Waals surface area (Å²) in [6.45, 7) is 2.20. The van der Waals surface area contributed by atoms with E-state index in [-0.39, 0.29) is 30.0 Å². The lowest BCUT2D eigenvalue weighted by Crippen LogP contribution is -2.44. The van der Waals surface area contributed by atoms with Crippen LogP contribution in [0, 0.1) is 17.0 Å². The van der Waals surface area contributed by atoms with Gasteiger partial charge in [0, 0.05) is 23.7 Å². The Balaban J connectivity index is 0.00000225. The van der Waals surface area contributed by atoms with Crippen molar-refractivity contribution in [2.24, 2.45) is 5.73 Å². The summed E-state index contributed by atoms with van der Waals surface area (Å²) >= 11 is 0. The monoisotopic (exact) mass is 407 g/mol. The summed E-state index contributed by atoms with van der Waals surface area (Å²) in [5, 5.41) is 15.0. The number of rotatable bonds is 4. The van der Waals surface area contributed by atoms with E-state index in [1.54, 1.807) is 17.9 Å². The molecule has 150 valence electrons. The zero-order valence-corrected chi connectivity index (χ0v) is 16.3. The standard InChI is InChI=1S/C18H21N5O4.ClH/c1-11-10-12(5-6-13(11)23(25)26)16(24)22-9-2-4-14(22)15-20-17(21-27-15)18(19)7-3-8-18;/h5-6,10,14H,2-4,7-9,19H2,1H3;1H. The number of carbonyl (C=O) groups excluding carboxylic acids is 1. The Hall–Kier alpha value is -2.52. The first-order chi connectivity index (χ1) is 12.9. The maximum atomic E-state index is 13.0. The van der Waals surface area contributed by atoms with Crippen molar-refractivity contribution in [3.63, 3.8) is 0 Å². The largest absolute Gasteiger partial charge is 0.337 e. The van der Waals surface area contributed by atoms with Crippen LogP contribution in [0.2, 0.25) is 0 Å². The summed E-state index contributed by atoms with van der Waals surface area (Å²) in [5.41, 5.74) is 6.62. The lowest BCUT2D eigenvalue weighted by Gasteiger charge is -2.34. The Morgan fingerprint density at radius 2 is 2.14 bits per heavy atom. The normalized spacial score (nSPS) is 20.4. The van der Waals surface area contributed by atoms with E-state index in [1.165, 1.54) is 12.1 Å². The molecule has 0 radical (unpaired) electrons. The van der Waals surface area contributed by atoms with Gasteiger partial charge >= 0.3 is 0 Å². The Kier molecular flexibility index (Phi) is 5.40. The van der Waals surface area contributed by atoms with Gasteiger partial charge in [-0.2, -0.15) is 4.98 Å². The molecule has 1 aliphatic carbocycles. The second-order valence-corrected chi connectivity index (χ2v) is 7.38. The highest BCUT2D eigenvalue weighted by Gasteiger charge is 2.41. The number of benzene rings is 1. The second-order valence-electron chi connectivity index (χ2n) is 7.38. The van der Waals surface area contributed by atoms with Crippen molar-refractivity contribution < 1.29 is 14.2 Å². The van der Waals surface area contributed by atoms with Crippen molar-refractivity contribution in [3.05, 3.63) is 51.2 Å². The highest BCUT2D eigenvalue weighted by atomic mass is 35.5. The maximum absolute atomic E-state index is 13.0. The molecule has 1 aromatic carbocycles. The molecule has 1 unspecified atom stereocenters. The fourth-order valence-corrected chi connectivity index (χ4v) is 3.78. The van der Waals surface area contributed by atoms with Crippen LogP contribution in [-0.4, -0.2) is 32.4 Å². The van der Waals surface area contributed by atoms with Crippen LogP contribution in [0.25, 0.3) is 0 Å². The Labute approximate surface area is 167 Å². The van der Waals surface area contributed by atoms with E-state index >= 15 is 0 Å². The number of aryl methyl sites for hydroxylation is 1. The van der Waals surface area contributed by atoms with Crippen LogP contribution in [-0.2, 0) is 5.54 Å². The highest BCUT2D eigenvalue weighted by Crippen LogP contribution is 2.39. The third kappa shape index (κ3) is 3.35. The van der Waals surface area contributed by atoms with Gasteiger partial charge in [-0.05, 0) is 51.2 Å². The van der Waals surface area contributed by atoms with Gasteiger partial charge in [0.2, 0.25) is 5.89 Å². The molecule has 2 heterocycles. The molecule has 1 aromatic heterocycles. The van der Waals surface area contributed by atoms with E-state index in [1.807, 2.05) is 0 Å². The Morgan fingerprint density at radius 3 is 2.75 bits per heavy atom. The molecule has 1 saturated heterocycles. The fourth-order valence-electron chi connectivity index (χ4n) is 3.78. The molecule has 10 heteroatoms. The first-order valence-corrected chi connectivity index (χ1v) is 9.08. The zero-order chi connectivity index (χ0) is 19.2. The third-order valence-corrected chi connectivity index (χ3v) is 5.57. The summed E-state index contributed by atoms with van der Waals surface area (Å²) in [6.07, 6.45) is 4.28. The zero-order valence-electron chi connectivity index (χ0n) is 15.5. The number of nitrogens with zero attached hydrogens (tertiary/aromatic N) is 4. The number of aromatic nitrogens is 2. The first kappa shape index (κ1) is 20.2. The van der Waals surface area contributed by atoms with Gasteiger partial charge in [-0.1, -0.05) is 5.16 Å². The van der Waals surface area contributed by atoms with Crippen LogP contribution in [0.3, 0.4) is 0 Å². The van der Waals surface area contributed by atoms with Crippen molar-refractivity contribution >= 4 is 24.0 Å². The summed E-state index contributed by atoms with van der Waals surface area (Å²) in [6, 6.07) is 4.12. The molecule has 1 amide bonds. The van der Waals surface area contributed by atoms with Crippen LogP contribution < -0.4 is 5.73 Å². The predicted octanol–water partition coefficient (Wildman–Crippen LogP) is 3.02. The topological polar surface area (TPSA) is 128 Å². The number of halogens is 1. The Bertz CT molecular complexity index is 911. The second kappa shape index (κ2) is 7.48. The number of amides is 1. The molecule has 1 saturated carbocycles. The van der Waals surface area contributed by atoms with Gasteiger partial charge in [0.25, 0.3) is 11.6 Å². The van der Waals surface area contributed by atoms with Crippen LogP contribution >= 0.6 is 12.4 Å². The molecule has 0 spiro atoms. The molecule has 1 atom stereocenters. The lowest BCUT2D eigenvalue weighted by molar-refractivity contribution is -0.385. The SMILES string of the molecule is Cc1cc(C(=O)N2CCCC2c2nc(C3(N)CCC3)no2)ccc1[N+](=O)[O-].Cl.